The third kappa shape index (κ3) is 8.69. The molecule has 0 heterocycles. The summed E-state index contributed by atoms with van der Waals surface area (Å²) >= 11 is 0. The van der Waals surface area contributed by atoms with E-state index in [2.05, 4.69) is 18.5 Å². The van der Waals surface area contributed by atoms with Crippen LogP contribution in [-0.2, 0) is 4.74 Å². The van der Waals surface area contributed by atoms with Gasteiger partial charge in [0.25, 0.3) is 0 Å². The largest absolute Gasteiger partial charge is 0.465 e. The molecule has 0 atom stereocenters. The first-order valence-corrected chi connectivity index (χ1v) is 9.41. The van der Waals surface area contributed by atoms with E-state index in [1.807, 2.05) is 6.08 Å². The van der Waals surface area contributed by atoms with E-state index in [0.29, 0.717) is 6.10 Å². The summed E-state index contributed by atoms with van der Waals surface area (Å²) in [6.07, 6.45) is 11.5. The SMILES string of the molecule is C=CCN(C)CCCCCCCOC1CCC(N(C)C(=O)O)CC1. The fourth-order valence-electron chi connectivity index (χ4n) is 3.33. The molecular weight excluding hydrogens is 304 g/mol. The van der Waals surface area contributed by atoms with Crippen LogP contribution in [0.4, 0.5) is 4.79 Å². The van der Waals surface area contributed by atoms with Crippen molar-refractivity contribution in [3.63, 3.8) is 0 Å². The molecule has 0 saturated heterocycles. The first kappa shape index (κ1) is 21.0. The predicted molar refractivity (Wildman–Crippen MR) is 98.6 cm³/mol. The third-order valence-corrected chi connectivity index (χ3v) is 4.97. The van der Waals surface area contributed by atoms with Crippen molar-refractivity contribution in [2.24, 2.45) is 0 Å². The zero-order valence-electron chi connectivity index (χ0n) is 15.6. The van der Waals surface area contributed by atoms with Crippen molar-refractivity contribution >= 4 is 6.09 Å². The molecule has 0 radical (unpaired) electrons. The van der Waals surface area contributed by atoms with E-state index in [9.17, 15) is 4.79 Å². The second-order valence-electron chi connectivity index (χ2n) is 7.01. The van der Waals surface area contributed by atoms with Gasteiger partial charge in [-0.15, -0.1) is 6.58 Å². The number of hydrogen-bond acceptors (Lipinski definition) is 3. The summed E-state index contributed by atoms with van der Waals surface area (Å²) in [5.74, 6) is 0. The Balaban J connectivity index is 1.94. The van der Waals surface area contributed by atoms with Gasteiger partial charge in [0.1, 0.15) is 0 Å². The standard InChI is InChI=1S/C19H36N2O3/c1-4-14-20(2)15-8-6-5-7-9-16-24-18-12-10-17(11-13-18)21(3)19(22)23/h4,17-18H,1,5-16H2,2-3H3,(H,22,23). The molecule has 1 rings (SSSR count). The Morgan fingerprint density at radius 3 is 2.38 bits per heavy atom. The van der Waals surface area contributed by atoms with E-state index in [-0.39, 0.29) is 6.04 Å². The van der Waals surface area contributed by atoms with Gasteiger partial charge in [-0.25, -0.2) is 4.79 Å². The maximum Gasteiger partial charge on any atom is 0.407 e. The van der Waals surface area contributed by atoms with Crippen molar-refractivity contribution in [2.75, 3.05) is 33.8 Å². The Labute approximate surface area is 147 Å². The normalized spacial score (nSPS) is 21.0. The highest BCUT2D eigenvalue weighted by atomic mass is 16.5. The summed E-state index contributed by atoms with van der Waals surface area (Å²) in [4.78, 5) is 14.7. The van der Waals surface area contributed by atoms with Crippen molar-refractivity contribution < 1.29 is 14.6 Å². The third-order valence-electron chi connectivity index (χ3n) is 4.97. The Hall–Kier alpha value is -1.07. The molecule has 24 heavy (non-hydrogen) atoms. The van der Waals surface area contributed by atoms with E-state index >= 15 is 0 Å². The molecule has 0 aromatic rings. The smallest absolute Gasteiger partial charge is 0.407 e. The summed E-state index contributed by atoms with van der Waals surface area (Å²) in [5.41, 5.74) is 0. The quantitative estimate of drug-likeness (QED) is 0.431. The van der Waals surface area contributed by atoms with Crippen LogP contribution in [-0.4, -0.2) is 66.9 Å². The molecule has 0 aliphatic heterocycles. The van der Waals surface area contributed by atoms with Crippen LogP contribution < -0.4 is 0 Å². The van der Waals surface area contributed by atoms with Crippen LogP contribution in [0.25, 0.3) is 0 Å². The second kappa shape index (κ2) is 12.3. The molecule has 1 fully saturated rings. The summed E-state index contributed by atoms with van der Waals surface area (Å²) in [5, 5.41) is 9.01. The molecule has 1 N–H and O–H groups in total. The molecule has 140 valence electrons. The van der Waals surface area contributed by atoms with Gasteiger partial charge in [-0.3, -0.25) is 0 Å². The van der Waals surface area contributed by atoms with Gasteiger partial charge in [0, 0.05) is 26.2 Å². The zero-order chi connectivity index (χ0) is 17.8. The van der Waals surface area contributed by atoms with E-state index in [1.54, 1.807) is 7.05 Å². The number of likely N-dealkylation sites (N-methyl/N-ethyl adjacent to an activating group) is 1. The van der Waals surface area contributed by atoms with Crippen LogP contribution in [0.2, 0.25) is 0 Å². The summed E-state index contributed by atoms with van der Waals surface area (Å²) in [6, 6.07) is 0.168. The molecule has 0 unspecified atom stereocenters. The van der Waals surface area contributed by atoms with Crippen LogP contribution in [0.5, 0.6) is 0 Å². The van der Waals surface area contributed by atoms with E-state index in [1.165, 1.54) is 30.6 Å². The monoisotopic (exact) mass is 340 g/mol. The molecule has 0 spiro atoms. The number of amides is 1. The maximum atomic E-state index is 11.0. The van der Waals surface area contributed by atoms with E-state index < -0.39 is 6.09 Å². The van der Waals surface area contributed by atoms with Gasteiger partial charge in [-0.2, -0.15) is 0 Å². The Bertz CT molecular complexity index is 355. The topological polar surface area (TPSA) is 53.0 Å². The minimum Gasteiger partial charge on any atom is -0.465 e. The molecule has 0 aromatic carbocycles. The minimum absolute atomic E-state index is 0.168. The fourth-order valence-corrected chi connectivity index (χ4v) is 3.33. The van der Waals surface area contributed by atoms with Crippen LogP contribution in [0, 0.1) is 0 Å². The fraction of sp³-hybridized carbons (Fsp3) is 0.842. The summed E-state index contributed by atoms with van der Waals surface area (Å²) in [7, 11) is 3.81. The Morgan fingerprint density at radius 1 is 1.12 bits per heavy atom. The molecule has 1 aliphatic carbocycles. The summed E-state index contributed by atoms with van der Waals surface area (Å²) < 4.78 is 5.96. The van der Waals surface area contributed by atoms with Gasteiger partial charge < -0.3 is 19.6 Å². The van der Waals surface area contributed by atoms with Gasteiger partial charge in [-0.1, -0.05) is 25.3 Å². The lowest BCUT2D eigenvalue weighted by Gasteiger charge is -2.33. The minimum atomic E-state index is -0.824. The Morgan fingerprint density at radius 2 is 1.75 bits per heavy atom. The van der Waals surface area contributed by atoms with Crippen LogP contribution >= 0.6 is 0 Å². The molecule has 0 bridgehead atoms. The molecule has 1 aliphatic rings. The first-order valence-electron chi connectivity index (χ1n) is 9.41. The van der Waals surface area contributed by atoms with Gasteiger partial charge in [-0.05, 0) is 52.1 Å². The molecule has 5 heteroatoms. The average molecular weight is 341 g/mol. The van der Waals surface area contributed by atoms with Crippen LogP contribution in [0.15, 0.2) is 12.7 Å². The average Bonchev–Trinajstić information content (AvgIpc) is 2.57. The predicted octanol–water partition coefficient (Wildman–Crippen LogP) is 3.99. The number of ether oxygens (including phenoxy) is 1. The zero-order valence-corrected chi connectivity index (χ0v) is 15.6. The molecule has 0 aromatic heterocycles. The first-order chi connectivity index (χ1) is 11.5. The van der Waals surface area contributed by atoms with E-state index in [0.717, 1.165) is 51.8 Å². The van der Waals surface area contributed by atoms with Crippen molar-refractivity contribution in [2.45, 2.75) is 69.9 Å². The number of nitrogens with zero attached hydrogens (tertiary/aromatic N) is 2. The number of rotatable bonds is 12. The highest BCUT2D eigenvalue weighted by Gasteiger charge is 2.26. The molecule has 1 saturated carbocycles. The molecular formula is C19H36N2O3. The summed E-state index contributed by atoms with van der Waals surface area (Å²) in [6.45, 7) is 6.72. The van der Waals surface area contributed by atoms with Gasteiger partial charge >= 0.3 is 6.09 Å². The Kier molecular flexibility index (Phi) is 10.8. The van der Waals surface area contributed by atoms with Crippen LogP contribution in [0.3, 0.4) is 0 Å². The van der Waals surface area contributed by atoms with E-state index in [4.69, 9.17) is 9.84 Å². The number of hydrogen-bond donors (Lipinski definition) is 1. The van der Waals surface area contributed by atoms with Gasteiger partial charge in [0.05, 0.1) is 6.10 Å². The van der Waals surface area contributed by atoms with Gasteiger partial charge in [0.2, 0.25) is 0 Å². The highest BCUT2D eigenvalue weighted by molar-refractivity contribution is 5.64. The lowest BCUT2D eigenvalue weighted by atomic mass is 9.92. The maximum absolute atomic E-state index is 11.0. The lowest BCUT2D eigenvalue weighted by molar-refractivity contribution is 0.00996. The van der Waals surface area contributed by atoms with Crippen molar-refractivity contribution in [3.05, 3.63) is 12.7 Å². The number of unbranched alkanes of at least 4 members (excludes halogenated alkanes) is 4. The van der Waals surface area contributed by atoms with Crippen molar-refractivity contribution in [1.82, 2.24) is 9.80 Å². The highest BCUT2D eigenvalue weighted by Crippen LogP contribution is 2.24. The lowest BCUT2D eigenvalue weighted by Crippen LogP contribution is -2.39. The molecule has 5 nitrogen and oxygen atoms in total. The number of carboxylic acid groups (broad SMARTS) is 1. The number of carbonyl (C=O) groups is 1. The molecule has 1 amide bonds. The van der Waals surface area contributed by atoms with Crippen LogP contribution in [0.1, 0.15) is 57.8 Å². The second-order valence-corrected chi connectivity index (χ2v) is 7.01. The van der Waals surface area contributed by atoms with Crippen molar-refractivity contribution in [1.29, 1.82) is 0 Å². The van der Waals surface area contributed by atoms with Gasteiger partial charge in [0.15, 0.2) is 0 Å². The van der Waals surface area contributed by atoms with Crippen molar-refractivity contribution in [3.8, 4) is 0 Å².